The molecule has 0 fully saturated rings. The Labute approximate surface area is 123 Å². The van der Waals surface area contributed by atoms with Crippen molar-refractivity contribution in [3.63, 3.8) is 0 Å². The number of rotatable bonds is 6. The van der Waals surface area contributed by atoms with E-state index in [0.29, 0.717) is 6.04 Å². The van der Waals surface area contributed by atoms with E-state index >= 15 is 0 Å². The van der Waals surface area contributed by atoms with E-state index in [4.69, 9.17) is 0 Å². The maximum atomic E-state index is 9.54. The van der Waals surface area contributed by atoms with Gasteiger partial charge in [0.25, 0.3) is 0 Å². The molecule has 3 atom stereocenters. The fourth-order valence-corrected chi connectivity index (χ4v) is 3.20. The van der Waals surface area contributed by atoms with Gasteiger partial charge < -0.3 is 10.4 Å². The van der Waals surface area contributed by atoms with Gasteiger partial charge in [-0.2, -0.15) is 0 Å². The van der Waals surface area contributed by atoms with Crippen LogP contribution in [0.15, 0.2) is 27.6 Å². The Morgan fingerprint density at radius 1 is 1.33 bits per heavy atom. The zero-order valence-electron chi connectivity index (χ0n) is 11.4. The topological polar surface area (TPSA) is 32.3 Å². The number of hydrogen-bond acceptors (Lipinski definition) is 3. The first-order valence-electron chi connectivity index (χ1n) is 6.33. The van der Waals surface area contributed by atoms with Gasteiger partial charge >= 0.3 is 0 Å². The van der Waals surface area contributed by atoms with E-state index in [1.165, 1.54) is 10.5 Å². The molecule has 0 amide bonds. The molecule has 0 heterocycles. The van der Waals surface area contributed by atoms with Crippen LogP contribution in [0.5, 0.6) is 0 Å². The number of benzene rings is 1. The summed E-state index contributed by atoms with van der Waals surface area (Å²) in [6, 6.07) is 6.79. The minimum atomic E-state index is -0.303. The fraction of sp³-hybridized carbons (Fsp3) is 0.571. The second-order valence-electron chi connectivity index (χ2n) is 4.53. The first-order chi connectivity index (χ1) is 8.45. The second kappa shape index (κ2) is 7.53. The van der Waals surface area contributed by atoms with Gasteiger partial charge in [-0.15, -0.1) is 11.8 Å². The molecule has 0 saturated carbocycles. The molecule has 0 spiro atoms. The summed E-state index contributed by atoms with van der Waals surface area (Å²) in [5.41, 5.74) is 1.28. The molecule has 0 aliphatic rings. The highest BCUT2D eigenvalue weighted by atomic mass is 79.9. The number of hydrogen-bond donors (Lipinski definition) is 2. The van der Waals surface area contributed by atoms with Gasteiger partial charge in [0.1, 0.15) is 0 Å². The van der Waals surface area contributed by atoms with Gasteiger partial charge in [-0.25, -0.2) is 0 Å². The van der Waals surface area contributed by atoms with Crippen molar-refractivity contribution in [3.8, 4) is 0 Å². The highest BCUT2D eigenvalue weighted by Crippen LogP contribution is 2.33. The van der Waals surface area contributed by atoms with Crippen molar-refractivity contribution in [1.82, 2.24) is 5.32 Å². The molecule has 2 nitrogen and oxygen atoms in total. The smallest absolute Gasteiger partial charge is 0.0631 e. The van der Waals surface area contributed by atoms with Crippen molar-refractivity contribution in [1.29, 1.82) is 0 Å². The summed E-state index contributed by atoms with van der Waals surface area (Å²) < 4.78 is 1.10. The Morgan fingerprint density at radius 2 is 2.00 bits per heavy atom. The van der Waals surface area contributed by atoms with Crippen molar-refractivity contribution >= 4 is 27.7 Å². The number of halogens is 1. The average molecular weight is 332 g/mol. The lowest BCUT2D eigenvalue weighted by Gasteiger charge is -2.17. The van der Waals surface area contributed by atoms with Crippen molar-refractivity contribution < 1.29 is 5.11 Å². The minimum Gasteiger partial charge on any atom is -0.392 e. The van der Waals surface area contributed by atoms with Crippen molar-refractivity contribution in [2.24, 2.45) is 0 Å². The first kappa shape index (κ1) is 16.0. The number of nitrogens with one attached hydrogen (secondary N) is 1. The predicted molar refractivity (Wildman–Crippen MR) is 83.2 cm³/mol. The molecule has 1 aromatic rings. The van der Waals surface area contributed by atoms with Gasteiger partial charge in [0.05, 0.1) is 6.10 Å². The molecule has 102 valence electrons. The van der Waals surface area contributed by atoms with E-state index in [1.54, 1.807) is 11.8 Å². The Balaban J connectivity index is 2.79. The van der Waals surface area contributed by atoms with Gasteiger partial charge in [0, 0.05) is 20.7 Å². The molecule has 18 heavy (non-hydrogen) atoms. The molecular weight excluding hydrogens is 310 g/mol. The lowest BCUT2D eigenvalue weighted by Crippen LogP contribution is -2.17. The molecule has 2 N–H and O–H groups in total. The summed E-state index contributed by atoms with van der Waals surface area (Å²) >= 11 is 5.31. The van der Waals surface area contributed by atoms with Crippen LogP contribution < -0.4 is 5.32 Å². The van der Waals surface area contributed by atoms with Crippen LogP contribution in [0.4, 0.5) is 0 Å². The summed E-state index contributed by atoms with van der Waals surface area (Å²) in [7, 11) is 0. The number of thioether (sulfide) groups is 1. The summed E-state index contributed by atoms with van der Waals surface area (Å²) in [6.45, 7) is 9.11. The average Bonchev–Trinajstić information content (AvgIpc) is 2.31. The zero-order valence-corrected chi connectivity index (χ0v) is 13.8. The van der Waals surface area contributed by atoms with Gasteiger partial charge in [0.15, 0.2) is 0 Å². The van der Waals surface area contributed by atoms with E-state index < -0.39 is 0 Å². The zero-order chi connectivity index (χ0) is 13.7. The van der Waals surface area contributed by atoms with Crippen LogP contribution in [0.1, 0.15) is 39.3 Å². The number of aliphatic hydroxyl groups is 1. The number of aliphatic hydroxyl groups excluding tert-OH is 1. The monoisotopic (exact) mass is 331 g/mol. The Morgan fingerprint density at radius 3 is 2.50 bits per heavy atom. The molecule has 3 unspecified atom stereocenters. The van der Waals surface area contributed by atoms with Crippen LogP contribution in [0, 0.1) is 0 Å². The van der Waals surface area contributed by atoms with Crippen LogP contribution >= 0.6 is 27.7 Å². The molecule has 0 aromatic heterocycles. The molecule has 0 bridgehead atoms. The van der Waals surface area contributed by atoms with Gasteiger partial charge in [-0.05, 0) is 54.0 Å². The van der Waals surface area contributed by atoms with Crippen LogP contribution in [-0.4, -0.2) is 23.0 Å². The third kappa shape index (κ3) is 4.57. The van der Waals surface area contributed by atoms with Crippen molar-refractivity contribution in [3.05, 3.63) is 28.2 Å². The SMILES string of the molecule is CCNC(C)c1ccc(SC(C)C(C)O)c(Br)c1. The Kier molecular flexibility index (Phi) is 6.71. The molecule has 1 aromatic carbocycles. The molecule has 0 radical (unpaired) electrons. The van der Waals surface area contributed by atoms with Crippen LogP contribution in [0.3, 0.4) is 0 Å². The standard InChI is InChI=1S/C14H22BrNOS/c1-5-16-9(2)12-6-7-14(13(15)8-12)18-11(4)10(3)17/h6-11,16-17H,5H2,1-4H3. The van der Waals surface area contributed by atoms with Gasteiger partial charge in [-0.1, -0.05) is 19.9 Å². The summed E-state index contributed by atoms with van der Waals surface area (Å²) in [5.74, 6) is 0. The molecule has 0 saturated heterocycles. The van der Waals surface area contributed by atoms with E-state index in [9.17, 15) is 5.11 Å². The molecule has 4 heteroatoms. The summed E-state index contributed by atoms with van der Waals surface area (Å²) in [4.78, 5) is 1.18. The lowest BCUT2D eigenvalue weighted by atomic mass is 10.1. The van der Waals surface area contributed by atoms with Crippen molar-refractivity contribution in [2.75, 3.05) is 6.54 Å². The Bertz CT molecular complexity index is 384. The van der Waals surface area contributed by atoms with Crippen LogP contribution in [-0.2, 0) is 0 Å². The van der Waals surface area contributed by atoms with Crippen LogP contribution in [0.2, 0.25) is 0 Å². The third-order valence-corrected chi connectivity index (χ3v) is 5.25. The molecule has 0 aliphatic heterocycles. The van der Waals surface area contributed by atoms with Crippen LogP contribution in [0.25, 0.3) is 0 Å². The van der Waals surface area contributed by atoms with E-state index in [-0.39, 0.29) is 11.4 Å². The maximum Gasteiger partial charge on any atom is 0.0631 e. The minimum absolute atomic E-state index is 0.193. The molecule has 0 aliphatic carbocycles. The third-order valence-electron chi connectivity index (χ3n) is 2.96. The van der Waals surface area contributed by atoms with E-state index in [2.05, 4.69) is 53.3 Å². The van der Waals surface area contributed by atoms with Gasteiger partial charge in [0.2, 0.25) is 0 Å². The lowest BCUT2D eigenvalue weighted by molar-refractivity contribution is 0.196. The summed E-state index contributed by atoms with van der Waals surface area (Å²) in [6.07, 6.45) is -0.303. The highest BCUT2D eigenvalue weighted by molar-refractivity contribution is 9.10. The normalized spacial score (nSPS) is 16.3. The summed E-state index contributed by atoms with van der Waals surface area (Å²) in [5, 5.41) is 13.1. The molecule has 1 rings (SSSR count). The maximum absolute atomic E-state index is 9.54. The molecular formula is C14H22BrNOS. The van der Waals surface area contributed by atoms with Gasteiger partial charge in [-0.3, -0.25) is 0 Å². The van der Waals surface area contributed by atoms with E-state index in [1.807, 2.05) is 13.8 Å². The quantitative estimate of drug-likeness (QED) is 0.773. The first-order valence-corrected chi connectivity index (χ1v) is 8.00. The Hall–Kier alpha value is -0.0300. The van der Waals surface area contributed by atoms with Crippen molar-refractivity contribution in [2.45, 2.75) is 50.0 Å². The predicted octanol–water partition coefficient (Wildman–Crippen LogP) is 3.98. The van der Waals surface area contributed by atoms with E-state index in [0.717, 1.165) is 11.0 Å². The highest BCUT2D eigenvalue weighted by Gasteiger charge is 2.13. The largest absolute Gasteiger partial charge is 0.392 e. The fourth-order valence-electron chi connectivity index (χ4n) is 1.60. The second-order valence-corrected chi connectivity index (χ2v) is 6.81.